The SMILES string of the molecule is Cc1ccc(-c2cc(C)c(C)[nH]2)c(Cl)n1. The fraction of sp³-hybridized carbons (Fsp3) is 0.250. The first-order valence-corrected chi connectivity index (χ1v) is 5.25. The van der Waals surface area contributed by atoms with Gasteiger partial charge in [-0.05, 0) is 44.5 Å². The van der Waals surface area contributed by atoms with Gasteiger partial charge in [0.05, 0.1) is 0 Å². The summed E-state index contributed by atoms with van der Waals surface area (Å²) in [4.78, 5) is 7.53. The van der Waals surface area contributed by atoms with Gasteiger partial charge in [-0.25, -0.2) is 4.98 Å². The lowest BCUT2D eigenvalue weighted by Gasteiger charge is -2.01. The number of pyridine rings is 1. The minimum atomic E-state index is 0.552. The Hall–Kier alpha value is -1.28. The van der Waals surface area contributed by atoms with E-state index in [1.54, 1.807) is 0 Å². The summed E-state index contributed by atoms with van der Waals surface area (Å²) in [7, 11) is 0. The van der Waals surface area contributed by atoms with Crippen molar-refractivity contribution in [2.24, 2.45) is 0 Å². The molecule has 0 unspecified atom stereocenters. The van der Waals surface area contributed by atoms with E-state index in [0.717, 1.165) is 17.0 Å². The summed E-state index contributed by atoms with van der Waals surface area (Å²) < 4.78 is 0. The normalized spacial score (nSPS) is 10.7. The third-order valence-electron chi connectivity index (χ3n) is 2.55. The summed E-state index contributed by atoms with van der Waals surface area (Å²) in [6.07, 6.45) is 0. The molecule has 0 bridgehead atoms. The third kappa shape index (κ3) is 1.90. The van der Waals surface area contributed by atoms with Crippen LogP contribution in [-0.4, -0.2) is 9.97 Å². The van der Waals surface area contributed by atoms with Crippen molar-refractivity contribution in [2.45, 2.75) is 20.8 Å². The zero-order chi connectivity index (χ0) is 11.0. The third-order valence-corrected chi connectivity index (χ3v) is 2.84. The van der Waals surface area contributed by atoms with E-state index >= 15 is 0 Å². The predicted molar refractivity (Wildman–Crippen MR) is 63.2 cm³/mol. The number of halogens is 1. The van der Waals surface area contributed by atoms with Crippen LogP contribution in [0.5, 0.6) is 0 Å². The molecule has 2 nitrogen and oxygen atoms in total. The van der Waals surface area contributed by atoms with Crippen LogP contribution < -0.4 is 0 Å². The van der Waals surface area contributed by atoms with Gasteiger partial charge in [0.25, 0.3) is 0 Å². The van der Waals surface area contributed by atoms with E-state index < -0.39 is 0 Å². The van der Waals surface area contributed by atoms with E-state index in [0.29, 0.717) is 5.15 Å². The second-order valence-electron chi connectivity index (χ2n) is 3.78. The summed E-state index contributed by atoms with van der Waals surface area (Å²) in [6, 6.07) is 6.05. The first kappa shape index (κ1) is 10.2. The van der Waals surface area contributed by atoms with Crippen LogP contribution in [0, 0.1) is 20.8 Å². The first-order valence-electron chi connectivity index (χ1n) is 4.87. The van der Waals surface area contributed by atoms with Gasteiger partial charge in [0.15, 0.2) is 0 Å². The van der Waals surface area contributed by atoms with Crippen LogP contribution in [0.1, 0.15) is 17.0 Å². The van der Waals surface area contributed by atoms with Crippen LogP contribution >= 0.6 is 11.6 Å². The topological polar surface area (TPSA) is 28.7 Å². The molecule has 2 rings (SSSR count). The molecule has 0 aliphatic rings. The average molecular weight is 221 g/mol. The lowest BCUT2D eigenvalue weighted by molar-refractivity contribution is 1.19. The molecule has 78 valence electrons. The molecule has 0 aliphatic heterocycles. The molecule has 0 radical (unpaired) electrons. The number of H-pyrrole nitrogens is 1. The molecule has 0 atom stereocenters. The number of nitrogens with one attached hydrogen (secondary N) is 1. The average Bonchev–Trinajstić information content (AvgIpc) is 2.46. The highest BCUT2D eigenvalue weighted by molar-refractivity contribution is 6.32. The summed E-state index contributed by atoms with van der Waals surface area (Å²) in [5, 5.41) is 0.552. The fourth-order valence-corrected chi connectivity index (χ4v) is 1.83. The van der Waals surface area contributed by atoms with Crippen molar-refractivity contribution in [3.63, 3.8) is 0 Å². The number of hydrogen-bond acceptors (Lipinski definition) is 1. The van der Waals surface area contributed by atoms with Crippen molar-refractivity contribution in [1.29, 1.82) is 0 Å². The van der Waals surface area contributed by atoms with Crippen molar-refractivity contribution in [3.8, 4) is 11.3 Å². The van der Waals surface area contributed by atoms with Crippen molar-refractivity contribution in [1.82, 2.24) is 9.97 Å². The molecule has 0 aromatic carbocycles. The second kappa shape index (κ2) is 3.70. The van der Waals surface area contributed by atoms with Gasteiger partial charge in [0.2, 0.25) is 0 Å². The molecule has 15 heavy (non-hydrogen) atoms. The predicted octanol–water partition coefficient (Wildman–Crippen LogP) is 3.66. The number of rotatable bonds is 1. The minimum absolute atomic E-state index is 0.552. The molecule has 2 aromatic heterocycles. The number of aromatic amines is 1. The van der Waals surface area contributed by atoms with Crippen LogP contribution in [0.15, 0.2) is 18.2 Å². The van der Waals surface area contributed by atoms with Gasteiger partial charge in [-0.15, -0.1) is 0 Å². The molecule has 0 fully saturated rings. The molecule has 0 saturated carbocycles. The summed E-state index contributed by atoms with van der Waals surface area (Å²) in [5.41, 5.74) is 5.33. The van der Waals surface area contributed by atoms with Gasteiger partial charge in [-0.1, -0.05) is 11.6 Å². The van der Waals surface area contributed by atoms with E-state index in [1.165, 1.54) is 11.3 Å². The van der Waals surface area contributed by atoms with Gasteiger partial charge in [-0.2, -0.15) is 0 Å². The Kier molecular flexibility index (Phi) is 2.53. The molecular weight excluding hydrogens is 208 g/mol. The summed E-state index contributed by atoms with van der Waals surface area (Å²) in [5.74, 6) is 0. The van der Waals surface area contributed by atoms with Crippen molar-refractivity contribution in [2.75, 3.05) is 0 Å². The Morgan fingerprint density at radius 2 is 1.93 bits per heavy atom. The molecule has 0 saturated heterocycles. The van der Waals surface area contributed by atoms with E-state index in [1.807, 2.05) is 26.0 Å². The van der Waals surface area contributed by atoms with Crippen LogP contribution in [-0.2, 0) is 0 Å². The highest BCUT2D eigenvalue weighted by atomic mass is 35.5. The standard InChI is InChI=1S/C12H13ClN2/c1-7-6-11(15-9(7)3)10-5-4-8(2)14-12(10)13/h4-6,15H,1-3H3. The summed E-state index contributed by atoms with van der Waals surface area (Å²) >= 11 is 6.09. The van der Waals surface area contributed by atoms with E-state index in [-0.39, 0.29) is 0 Å². The zero-order valence-electron chi connectivity index (χ0n) is 9.06. The maximum Gasteiger partial charge on any atom is 0.138 e. The van der Waals surface area contributed by atoms with Crippen LogP contribution in [0.4, 0.5) is 0 Å². The van der Waals surface area contributed by atoms with Gasteiger partial charge >= 0.3 is 0 Å². The van der Waals surface area contributed by atoms with E-state index in [2.05, 4.69) is 23.0 Å². The Bertz CT molecular complexity index is 481. The molecule has 2 heterocycles. The largest absolute Gasteiger partial charge is 0.358 e. The van der Waals surface area contributed by atoms with Crippen molar-refractivity contribution in [3.05, 3.63) is 40.3 Å². The maximum absolute atomic E-state index is 6.09. The molecule has 0 spiro atoms. The lowest BCUT2D eigenvalue weighted by Crippen LogP contribution is -1.86. The Labute approximate surface area is 94.3 Å². The fourth-order valence-electron chi connectivity index (χ4n) is 1.53. The van der Waals surface area contributed by atoms with Crippen LogP contribution in [0.2, 0.25) is 5.15 Å². The Morgan fingerprint density at radius 1 is 1.20 bits per heavy atom. The number of aromatic nitrogens is 2. The van der Waals surface area contributed by atoms with Crippen LogP contribution in [0.25, 0.3) is 11.3 Å². The highest BCUT2D eigenvalue weighted by Gasteiger charge is 2.08. The van der Waals surface area contributed by atoms with Gasteiger partial charge in [-0.3, -0.25) is 0 Å². The molecule has 0 aliphatic carbocycles. The number of nitrogens with zero attached hydrogens (tertiary/aromatic N) is 1. The van der Waals surface area contributed by atoms with Crippen molar-refractivity contribution >= 4 is 11.6 Å². The molecule has 0 amide bonds. The molecule has 2 aromatic rings. The van der Waals surface area contributed by atoms with E-state index in [4.69, 9.17) is 11.6 Å². The lowest BCUT2D eigenvalue weighted by atomic mass is 10.2. The Balaban J connectivity index is 2.54. The second-order valence-corrected chi connectivity index (χ2v) is 4.14. The summed E-state index contributed by atoms with van der Waals surface area (Å²) in [6.45, 7) is 6.06. The van der Waals surface area contributed by atoms with Crippen molar-refractivity contribution < 1.29 is 0 Å². The monoisotopic (exact) mass is 220 g/mol. The van der Waals surface area contributed by atoms with E-state index in [9.17, 15) is 0 Å². The van der Waals surface area contributed by atoms with Gasteiger partial charge in [0, 0.05) is 22.6 Å². The molecule has 3 heteroatoms. The first-order chi connectivity index (χ1) is 7.08. The maximum atomic E-state index is 6.09. The van der Waals surface area contributed by atoms with Gasteiger partial charge < -0.3 is 4.98 Å². The molecular formula is C12H13ClN2. The molecule has 1 N–H and O–H groups in total. The van der Waals surface area contributed by atoms with Crippen LogP contribution in [0.3, 0.4) is 0 Å². The minimum Gasteiger partial charge on any atom is -0.358 e. The zero-order valence-corrected chi connectivity index (χ0v) is 9.81. The highest BCUT2D eigenvalue weighted by Crippen LogP contribution is 2.27. The quantitative estimate of drug-likeness (QED) is 0.731. The van der Waals surface area contributed by atoms with Gasteiger partial charge in [0.1, 0.15) is 5.15 Å². The Morgan fingerprint density at radius 3 is 2.47 bits per heavy atom. The number of hydrogen-bond donors (Lipinski definition) is 1. The smallest absolute Gasteiger partial charge is 0.138 e. The number of aryl methyl sites for hydroxylation is 3.